The Labute approximate surface area is 128 Å². The Morgan fingerprint density at radius 3 is 2.62 bits per heavy atom. The van der Waals surface area contributed by atoms with Gasteiger partial charge in [0.25, 0.3) is 0 Å². The number of nitrogens with one attached hydrogen (secondary N) is 1. The topological polar surface area (TPSA) is 52.7 Å². The van der Waals surface area contributed by atoms with Crippen molar-refractivity contribution in [1.29, 1.82) is 0 Å². The van der Waals surface area contributed by atoms with Crippen molar-refractivity contribution in [3.05, 3.63) is 12.2 Å². The van der Waals surface area contributed by atoms with Gasteiger partial charge in [0.05, 0.1) is 0 Å². The van der Waals surface area contributed by atoms with Crippen LogP contribution in [0.4, 0.5) is 0 Å². The van der Waals surface area contributed by atoms with Crippen molar-refractivity contribution in [1.82, 2.24) is 15.1 Å². The van der Waals surface area contributed by atoms with E-state index in [0.29, 0.717) is 12.3 Å². The number of likely N-dealkylation sites (N-methyl/N-ethyl adjacent to an activating group) is 1. The fourth-order valence-corrected chi connectivity index (χ4v) is 2.69. The summed E-state index contributed by atoms with van der Waals surface area (Å²) < 4.78 is 0. The molecule has 5 nitrogen and oxygen atoms in total. The lowest BCUT2D eigenvalue weighted by molar-refractivity contribution is -0.133. The first kappa shape index (κ1) is 17.7. The van der Waals surface area contributed by atoms with Crippen molar-refractivity contribution in [2.24, 2.45) is 5.92 Å². The summed E-state index contributed by atoms with van der Waals surface area (Å²) in [5, 5.41) is 3.09. The van der Waals surface area contributed by atoms with Gasteiger partial charge in [-0.25, -0.2) is 0 Å². The maximum Gasteiger partial charge on any atom is 0.243 e. The van der Waals surface area contributed by atoms with Crippen LogP contribution in [-0.4, -0.2) is 61.4 Å². The second kappa shape index (κ2) is 8.82. The van der Waals surface area contributed by atoms with Crippen molar-refractivity contribution in [3.8, 4) is 0 Å². The fourth-order valence-electron chi connectivity index (χ4n) is 2.69. The molecular formula is C16H29N3O2. The van der Waals surface area contributed by atoms with Crippen LogP contribution in [0.2, 0.25) is 0 Å². The fraction of sp³-hybridized carbons (Fsp3) is 0.750. The van der Waals surface area contributed by atoms with E-state index >= 15 is 0 Å². The van der Waals surface area contributed by atoms with Gasteiger partial charge in [-0.05, 0) is 32.9 Å². The third-order valence-electron chi connectivity index (χ3n) is 3.98. The van der Waals surface area contributed by atoms with Crippen LogP contribution in [-0.2, 0) is 9.59 Å². The third-order valence-corrected chi connectivity index (χ3v) is 3.98. The maximum atomic E-state index is 11.9. The molecule has 1 fully saturated rings. The van der Waals surface area contributed by atoms with Gasteiger partial charge < -0.3 is 15.1 Å². The van der Waals surface area contributed by atoms with Crippen LogP contribution in [0.15, 0.2) is 12.2 Å². The first-order chi connectivity index (χ1) is 9.97. The smallest absolute Gasteiger partial charge is 0.243 e. The van der Waals surface area contributed by atoms with Crippen LogP contribution in [0.25, 0.3) is 0 Å². The Morgan fingerprint density at radius 2 is 2.05 bits per heavy atom. The zero-order valence-electron chi connectivity index (χ0n) is 13.8. The lowest BCUT2D eigenvalue weighted by Crippen LogP contribution is -2.51. The average Bonchev–Trinajstić information content (AvgIpc) is 2.46. The highest BCUT2D eigenvalue weighted by Crippen LogP contribution is 2.20. The molecular weight excluding hydrogens is 266 g/mol. The molecule has 1 rings (SSSR count). The molecule has 5 heteroatoms. The van der Waals surface area contributed by atoms with Gasteiger partial charge in [-0.2, -0.15) is 0 Å². The van der Waals surface area contributed by atoms with Crippen LogP contribution in [0.3, 0.4) is 0 Å². The first-order valence-electron chi connectivity index (χ1n) is 7.87. The standard InChI is InChI=1S/C16H29N3O2/c1-5-13-12-19(16(21)6-2)11-9-14(13)17-15(20)8-7-10-18(3)4/h7-8,13-14H,5-6,9-12H2,1-4H3,(H,17,20)/b8-7+. The summed E-state index contributed by atoms with van der Waals surface area (Å²) in [5.41, 5.74) is 0. The van der Waals surface area contributed by atoms with Gasteiger partial charge in [0.2, 0.25) is 11.8 Å². The number of carbonyl (C=O) groups is 2. The minimum atomic E-state index is -0.0319. The van der Waals surface area contributed by atoms with Crippen LogP contribution in [0, 0.1) is 5.92 Å². The molecule has 0 aromatic heterocycles. The lowest BCUT2D eigenvalue weighted by atomic mass is 9.89. The van der Waals surface area contributed by atoms with Crippen LogP contribution < -0.4 is 5.32 Å². The van der Waals surface area contributed by atoms with E-state index in [0.717, 1.165) is 32.5 Å². The van der Waals surface area contributed by atoms with Crippen LogP contribution in [0.5, 0.6) is 0 Å². The normalized spacial score (nSPS) is 22.8. The summed E-state index contributed by atoms with van der Waals surface area (Å²) >= 11 is 0. The van der Waals surface area contributed by atoms with E-state index in [-0.39, 0.29) is 17.9 Å². The van der Waals surface area contributed by atoms with E-state index in [4.69, 9.17) is 0 Å². The van der Waals surface area contributed by atoms with Crippen LogP contribution in [0.1, 0.15) is 33.1 Å². The van der Waals surface area contributed by atoms with E-state index in [1.54, 1.807) is 6.08 Å². The van der Waals surface area contributed by atoms with Gasteiger partial charge in [-0.1, -0.05) is 19.9 Å². The minimum absolute atomic E-state index is 0.0319. The van der Waals surface area contributed by atoms with Crippen molar-refractivity contribution in [2.45, 2.75) is 39.2 Å². The first-order valence-corrected chi connectivity index (χ1v) is 7.87. The molecule has 1 N–H and O–H groups in total. The van der Waals surface area contributed by atoms with Crippen molar-refractivity contribution in [3.63, 3.8) is 0 Å². The summed E-state index contributed by atoms with van der Waals surface area (Å²) in [6, 6.07) is 0.174. The van der Waals surface area contributed by atoms with E-state index in [2.05, 4.69) is 12.2 Å². The lowest BCUT2D eigenvalue weighted by Gasteiger charge is -2.38. The van der Waals surface area contributed by atoms with E-state index in [9.17, 15) is 9.59 Å². The zero-order valence-corrected chi connectivity index (χ0v) is 13.8. The number of likely N-dealkylation sites (tertiary alicyclic amines) is 1. The Morgan fingerprint density at radius 1 is 1.33 bits per heavy atom. The largest absolute Gasteiger partial charge is 0.349 e. The van der Waals surface area contributed by atoms with Gasteiger partial charge in [0.1, 0.15) is 0 Å². The number of hydrogen-bond donors (Lipinski definition) is 1. The monoisotopic (exact) mass is 295 g/mol. The molecule has 2 atom stereocenters. The molecule has 0 spiro atoms. The van der Waals surface area contributed by atoms with Gasteiger partial charge in [-0.15, -0.1) is 0 Å². The van der Waals surface area contributed by atoms with Gasteiger partial charge in [0, 0.05) is 38.2 Å². The molecule has 2 unspecified atom stereocenters. The summed E-state index contributed by atoms with van der Waals surface area (Å²) in [6.07, 6.45) is 5.85. The summed E-state index contributed by atoms with van der Waals surface area (Å²) in [5.74, 6) is 0.528. The molecule has 0 aromatic carbocycles. The second-order valence-electron chi connectivity index (χ2n) is 5.93. The molecule has 0 aliphatic carbocycles. The Bertz CT molecular complexity index is 380. The van der Waals surface area contributed by atoms with E-state index in [1.165, 1.54) is 0 Å². The minimum Gasteiger partial charge on any atom is -0.349 e. The zero-order chi connectivity index (χ0) is 15.8. The number of hydrogen-bond acceptors (Lipinski definition) is 3. The molecule has 2 amide bonds. The van der Waals surface area contributed by atoms with Gasteiger partial charge in [-0.3, -0.25) is 9.59 Å². The predicted molar refractivity (Wildman–Crippen MR) is 84.9 cm³/mol. The van der Waals surface area contributed by atoms with E-state index < -0.39 is 0 Å². The van der Waals surface area contributed by atoms with Crippen molar-refractivity contribution in [2.75, 3.05) is 33.7 Å². The maximum absolute atomic E-state index is 11.9. The van der Waals surface area contributed by atoms with Crippen molar-refractivity contribution >= 4 is 11.8 Å². The van der Waals surface area contributed by atoms with Crippen LogP contribution >= 0.6 is 0 Å². The average molecular weight is 295 g/mol. The van der Waals surface area contributed by atoms with E-state index in [1.807, 2.05) is 36.9 Å². The summed E-state index contributed by atoms with van der Waals surface area (Å²) in [4.78, 5) is 27.7. The molecule has 1 aliphatic rings. The number of carbonyl (C=O) groups excluding carboxylic acids is 2. The predicted octanol–water partition coefficient (Wildman–Crippen LogP) is 1.26. The van der Waals surface area contributed by atoms with Crippen molar-refractivity contribution < 1.29 is 9.59 Å². The SMILES string of the molecule is CCC(=O)N1CCC(NC(=O)/C=C/CN(C)C)C(CC)C1. The molecule has 0 radical (unpaired) electrons. The molecule has 1 saturated heterocycles. The Kier molecular flexibility index (Phi) is 7.43. The van der Waals surface area contributed by atoms with Gasteiger partial charge in [0.15, 0.2) is 0 Å². The molecule has 0 aromatic rings. The summed E-state index contributed by atoms with van der Waals surface area (Å²) in [6.45, 7) is 6.28. The molecule has 1 aliphatic heterocycles. The highest BCUT2D eigenvalue weighted by molar-refractivity contribution is 5.87. The Hall–Kier alpha value is -1.36. The summed E-state index contributed by atoms with van der Waals surface area (Å²) in [7, 11) is 3.94. The molecule has 21 heavy (non-hydrogen) atoms. The molecule has 0 saturated carbocycles. The molecule has 1 heterocycles. The highest BCUT2D eigenvalue weighted by atomic mass is 16.2. The quantitative estimate of drug-likeness (QED) is 0.751. The number of piperidine rings is 1. The number of amides is 2. The van der Waals surface area contributed by atoms with Gasteiger partial charge >= 0.3 is 0 Å². The number of rotatable bonds is 6. The molecule has 120 valence electrons. The highest BCUT2D eigenvalue weighted by Gasteiger charge is 2.30. The molecule has 0 bridgehead atoms. The number of nitrogens with zero attached hydrogens (tertiary/aromatic N) is 2. The second-order valence-corrected chi connectivity index (χ2v) is 5.93. The Balaban J connectivity index is 2.50. The third kappa shape index (κ3) is 5.87.